The van der Waals surface area contributed by atoms with Gasteiger partial charge in [-0.15, -0.1) is 4.91 Å². The largest absolute Gasteiger partial charge is 0.483 e. The van der Waals surface area contributed by atoms with E-state index < -0.39 is 5.60 Å². The van der Waals surface area contributed by atoms with Gasteiger partial charge in [0.25, 0.3) is 0 Å². The summed E-state index contributed by atoms with van der Waals surface area (Å²) in [5.74, 6) is 0.709. The number of pyridine rings is 1. The van der Waals surface area contributed by atoms with Crippen LogP contribution in [0.25, 0.3) is 5.57 Å². The van der Waals surface area contributed by atoms with Crippen molar-refractivity contribution in [3.63, 3.8) is 0 Å². The number of nitriles is 1. The minimum Gasteiger partial charge on any atom is -0.483 e. The van der Waals surface area contributed by atoms with E-state index in [1.54, 1.807) is 30.3 Å². The van der Waals surface area contributed by atoms with Crippen LogP contribution in [0.2, 0.25) is 0 Å². The number of nitrogens with zero attached hydrogens (tertiary/aromatic N) is 3. The molecule has 22 heavy (non-hydrogen) atoms. The lowest BCUT2D eigenvalue weighted by Gasteiger charge is -2.31. The smallest absolute Gasteiger partial charge is 0.128 e. The van der Waals surface area contributed by atoms with Crippen LogP contribution >= 0.6 is 0 Å². The van der Waals surface area contributed by atoms with Gasteiger partial charge < -0.3 is 4.74 Å². The number of benzene rings is 1. The summed E-state index contributed by atoms with van der Waals surface area (Å²) in [5.41, 5.74) is 2.75. The molecule has 0 spiro atoms. The maximum atomic E-state index is 10.5. The quantitative estimate of drug-likeness (QED) is 0.785. The molecule has 0 saturated carbocycles. The van der Waals surface area contributed by atoms with Crippen LogP contribution in [0.15, 0.2) is 47.8 Å². The molecule has 2 heterocycles. The third kappa shape index (κ3) is 2.47. The Bertz CT molecular complexity index is 815. The van der Waals surface area contributed by atoms with Crippen molar-refractivity contribution in [1.29, 1.82) is 5.26 Å². The van der Waals surface area contributed by atoms with Gasteiger partial charge >= 0.3 is 0 Å². The first-order valence-electron chi connectivity index (χ1n) is 6.78. The molecule has 0 unspecified atom stereocenters. The van der Waals surface area contributed by atoms with Gasteiger partial charge in [0.05, 0.1) is 23.5 Å². The highest BCUT2D eigenvalue weighted by atomic mass is 16.5. The summed E-state index contributed by atoms with van der Waals surface area (Å²) < 4.78 is 5.93. The van der Waals surface area contributed by atoms with E-state index in [4.69, 9.17) is 10.00 Å². The Balaban J connectivity index is 2.17. The number of hydrogen-bond donors (Lipinski definition) is 0. The summed E-state index contributed by atoms with van der Waals surface area (Å²) >= 11 is 0. The second kappa shape index (κ2) is 5.08. The van der Waals surface area contributed by atoms with Gasteiger partial charge in [0.1, 0.15) is 17.0 Å². The normalized spacial score (nSPS) is 15.0. The molecule has 2 aromatic rings. The average Bonchev–Trinajstić information content (AvgIpc) is 2.53. The van der Waals surface area contributed by atoms with Crippen LogP contribution < -0.4 is 4.74 Å². The Kier molecular flexibility index (Phi) is 3.22. The molecule has 0 atom stereocenters. The monoisotopic (exact) mass is 291 g/mol. The molecule has 0 bridgehead atoms. The lowest BCUT2D eigenvalue weighted by atomic mass is 9.91. The van der Waals surface area contributed by atoms with Crippen molar-refractivity contribution in [2.24, 2.45) is 5.18 Å². The van der Waals surface area contributed by atoms with Gasteiger partial charge in [-0.25, -0.2) is 0 Å². The zero-order valence-corrected chi connectivity index (χ0v) is 12.2. The first-order valence-corrected chi connectivity index (χ1v) is 6.78. The van der Waals surface area contributed by atoms with Crippen molar-refractivity contribution in [1.82, 2.24) is 4.98 Å². The summed E-state index contributed by atoms with van der Waals surface area (Å²) in [6.45, 7) is 3.91. The van der Waals surface area contributed by atoms with Gasteiger partial charge in [-0.3, -0.25) is 4.98 Å². The molecule has 1 aliphatic rings. The van der Waals surface area contributed by atoms with Crippen LogP contribution in [-0.4, -0.2) is 10.6 Å². The van der Waals surface area contributed by atoms with Gasteiger partial charge in [-0.05, 0) is 55.4 Å². The fourth-order valence-electron chi connectivity index (χ4n) is 2.45. The van der Waals surface area contributed by atoms with Crippen LogP contribution in [-0.2, 0) is 0 Å². The molecule has 108 valence electrons. The summed E-state index contributed by atoms with van der Waals surface area (Å²) in [6, 6.07) is 10.8. The maximum Gasteiger partial charge on any atom is 0.128 e. The molecular formula is C17H13N3O2. The van der Waals surface area contributed by atoms with Crippen LogP contribution in [0.3, 0.4) is 0 Å². The molecule has 5 heteroatoms. The van der Waals surface area contributed by atoms with Crippen molar-refractivity contribution in [3.05, 3.63) is 64.3 Å². The number of rotatable bonds is 2. The standard InChI is InChI=1S/C17H13N3O2/c1-17(2)8-14(15-5-4-12(20-21)10-19-15)13-7-11(9-18)3-6-16(13)22-17/h3-8,10H,1-2H3. The van der Waals surface area contributed by atoms with Crippen molar-refractivity contribution >= 4 is 11.3 Å². The summed E-state index contributed by atoms with van der Waals surface area (Å²) in [4.78, 5) is 14.8. The zero-order chi connectivity index (χ0) is 15.7. The number of nitroso groups, excluding NO2 is 1. The maximum absolute atomic E-state index is 10.5. The van der Waals surface area contributed by atoms with Crippen LogP contribution in [0.5, 0.6) is 5.75 Å². The third-order valence-electron chi connectivity index (χ3n) is 3.39. The van der Waals surface area contributed by atoms with Crippen LogP contribution in [0, 0.1) is 16.2 Å². The predicted octanol–water partition coefficient (Wildman–Crippen LogP) is 3.95. The van der Waals surface area contributed by atoms with E-state index in [2.05, 4.69) is 16.2 Å². The fourth-order valence-corrected chi connectivity index (χ4v) is 2.45. The topological polar surface area (TPSA) is 75.3 Å². The van der Waals surface area contributed by atoms with Gasteiger partial charge in [-0.2, -0.15) is 5.26 Å². The zero-order valence-electron chi connectivity index (χ0n) is 12.2. The third-order valence-corrected chi connectivity index (χ3v) is 3.39. The number of ether oxygens (including phenoxy) is 1. The molecular weight excluding hydrogens is 278 g/mol. The molecule has 0 aliphatic carbocycles. The van der Waals surface area contributed by atoms with Crippen LogP contribution in [0.1, 0.15) is 30.7 Å². The second-order valence-electron chi connectivity index (χ2n) is 5.58. The Morgan fingerprint density at radius 1 is 1.27 bits per heavy atom. The average molecular weight is 291 g/mol. The van der Waals surface area contributed by atoms with Gasteiger partial charge in [-0.1, -0.05) is 0 Å². The molecule has 1 aromatic carbocycles. The molecule has 0 N–H and O–H groups in total. The fraction of sp³-hybridized carbons (Fsp3) is 0.176. The first-order chi connectivity index (χ1) is 10.5. The molecule has 0 radical (unpaired) electrons. The lowest BCUT2D eigenvalue weighted by Crippen LogP contribution is -2.29. The minimum atomic E-state index is -0.486. The highest BCUT2D eigenvalue weighted by molar-refractivity contribution is 5.84. The Morgan fingerprint density at radius 3 is 2.73 bits per heavy atom. The van der Waals surface area contributed by atoms with Gasteiger partial charge in [0.2, 0.25) is 0 Å². The van der Waals surface area contributed by atoms with Gasteiger partial charge in [0.15, 0.2) is 0 Å². The summed E-state index contributed by atoms with van der Waals surface area (Å²) in [6.07, 6.45) is 3.40. The Hall–Kier alpha value is -3.00. The minimum absolute atomic E-state index is 0.279. The van der Waals surface area contributed by atoms with E-state index in [1.165, 1.54) is 6.20 Å². The van der Waals surface area contributed by atoms with E-state index in [1.807, 2.05) is 19.9 Å². The van der Waals surface area contributed by atoms with Crippen molar-refractivity contribution < 1.29 is 4.74 Å². The SMILES string of the molecule is CC1(C)C=C(c2ccc(N=O)cn2)c2cc(C#N)ccc2O1. The van der Waals surface area contributed by atoms with E-state index >= 15 is 0 Å². The number of hydrogen-bond acceptors (Lipinski definition) is 5. The summed E-state index contributed by atoms with van der Waals surface area (Å²) in [5, 5.41) is 12.0. The van der Waals surface area contributed by atoms with Crippen molar-refractivity contribution in [3.8, 4) is 11.8 Å². The highest BCUT2D eigenvalue weighted by Crippen LogP contribution is 2.39. The molecule has 5 nitrogen and oxygen atoms in total. The number of fused-ring (bicyclic) bond motifs is 1. The Morgan fingerprint density at radius 2 is 2.09 bits per heavy atom. The molecule has 1 aliphatic heterocycles. The van der Waals surface area contributed by atoms with E-state index in [0.29, 0.717) is 17.0 Å². The number of aromatic nitrogens is 1. The van der Waals surface area contributed by atoms with E-state index in [0.717, 1.165) is 11.1 Å². The molecule has 3 rings (SSSR count). The summed E-state index contributed by atoms with van der Waals surface area (Å²) in [7, 11) is 0. The van der Waals surface area contributed by atoms with Crippen molar-refractivity contribution in [2.75, 3.05) is 0 Å². The second-order valence-corrected chi connectivity index (χ2v) is 5.58. The molecule has 1 aromatic heterocycles. The van der Waals surface area contributed by atoms with E-state index in [9.17, 15) is 4.91 Å². The lowest BCUT2D eigenvalue weighted by molar-refractivity contribution is 0.158. The van der Waals surface area contributed by atoms with Crippen molar-refractivity contribution in [2.45, 2.75) is 19.4 Å². The molecule has 0 fully saturated rings. The molecule has 0 saturated heterocycles. The van der Waals surface area contributed by atoms with Gasteiger partial charge in [0, 0.05) is 11.1 Å². The molecule has 0 amide bonds. The van der Waals surface area contributed by atoms with E-state index in [-0.39, 0.29) is 5.69 Å². The Labute approximate surface area is 127 Å². The first kappa shape index (κ1) is 14.0. The van der Waals surface area contributed by atoms with Crippen LogP contribution in [0.4, 0.5) is 5.69 Å². The predicted molar refractivity (Wildman–Crippen MR) is 82.6 cm³/mol. The highest BCUT2D eigenvalue weighted by Gasteiger charge is 2.28.